The number of rotatable bonds is 10. The van der Waals surface area contributed by atoms with Gasteiger partial charge in [-0.15, -0.1) is 0 Å². The summed E-state index contributed by atoms with van der Waals surface area (Å²) in [7, 11) is -4.10. The van der Waals surface area contributed by atoms with Gasteiger partial charge in [-0.05, 0) is 87.9 Å². The Hall–Kier alpha value is -3.65. The average Bonchev–Trinajstić information content (AvgIpc) is 2.97. The van der Waals surface area contributed by atoms with Crippen molar-refractivity contribution >= 4 is 27.5 Å². The van der Waals surface area contributed by atoms with E-state index in [0.29, 0.717) is 5.69 Å². The van der Waals surface area contributed by atoms with Gasteiger partial charge in [0.25, 0.3) is 10.0 Å². The van der Waals surface area contributed by atoms with Crippen molar-refractivity contribution in [1.82, 2.24) is 10.2 Å². The fourth-order valence-corrected chi connectivity index (χ4v) is 6.93. The van der Waals surface area contributed by atoms with Gasteiger partial charge in [-0.1, -0.05) is 73.4 Å². The maximum atomic E-state index is 14.2. The first kappa shape index (κ1) is 31.3. The number of sulfonamides is 1. The zero-order valence-electron chi connectivity index (χ0n) is 25.4. The van der Waals surface area contributed by atoms with Crippen LogP contribution in [0.4, 0.5) is 5.69 Å². The SMILES string of the molecule is Cc1ccc(S(=O)(=O)N(CC(=O)N(Cc2ccccc2C)[C@@H](C)C(=O)NC2CCCCC2)c2cc(C)ccc2C)cc1. The second kappa shape index (κ2) is 13.6. The molecule has 8 heteroatoms. The summed E-state index contributed by atoms with van der Waals surface area (Å²) in [5, 5.41) is 3.15. The van der Waals surface area contributed by atoms with Crippen LogP contribution in [0.1, 0.15) is 66.8 Å². The van der Waals surface area contributed by atoms with E-state index in [0.717, 1.165) is 53.5 Å². The number of anilines is 1. The molecule has 42 heavy (non-hydrogen) atoms. The second-order valence-electron chi connectivity index (χ2n) is 11.6. The first-order valence-electron chi connectivity index (χ1n) is 14.8. The van der Waals surface area contributed by atoms with Gasteiger partial charge in [-0.3, -0.25) is 13.9 Å². The van der Waals surface area contributed by atoms with Crippen LogP contribution in [-0.2, 0) is 26.2 Å². The number of aryl methyl sites for hydroxylation is 4. The number of nitrogens with zero attached hydrogens (tertiary/aromatic N) is 2. The molecule has 0 radical (unpaired) electrons. The van der Waals surface area contributed by atoms with Crippen molar-refractivity contribution < 1.29 is 18.0 Å². The van der Waals surface area contributed by atoms with Gasteiger partial charge in [0.1, 0.15) is 12.6 Å². The minimum absolute atomic E-state index is 0.0949. The van der Waals surface area contributed by atoms with Crippen LogP contribution in [0.15, 0.2) is 71.6 Å². The highest BCUT2D eigenvalue weighted by molar-refractivity contribution is 7.92. The molecule has 0 saturated heterocycles. The van der Waals surface area contributed by atoms with Crippen molar-refractivity contribution in [2.75, 3.05) is 10.8 Å². The van der Waals surface area contributed by atoms with Crippen molar-refractivity contribution in [3.63, 3.8) is 0 Å². The summed E-state index contributed by atoms with van der Waals surface area (Å²) >= 11 is 0. The molecule has 1 fully saturated rings. The maximum Gasteiger partial charge on any atom is 0.264 e. The molecule has 4 rings (SSSR count). The Labute approximate surface area is 251 Å². The molecule has 2 amide bonds. The summed E-state index contributed by atoms with van der Waals surface area (Å²) < 4.78 is 29.4. The lowest BCUT2D eigenvalue weighted by molar-refractivity contribution is -0.139. The Kier molecular flexibility index (Phi) is 10.1. The fraction of sp³-hybridized carbons (Fsp3) is 0.412. The normalized spacial score (nSPS) is 14.7. The molecule has 0 aliphatic heterocycles. The number of nitrogens with one attached hydrogen (secondary N) is 1. The quantitative estimate of drug-likeness (QED) is 0.315. The average molecular weight is 590 g/mol. The van der Waals surface area contributed by atoms with E-state index >= 15 is 0 Å². The van der Waals surface area contributed by atoms with Crippen molar-refractivity contribution in [3.8, 4) is 0 Å². The molecule has 7 nitrogen and oxygen atoms in total. The van der Waals surface area contributed by atoms with E-state index in [2.05, 4.69) is 5.32 Å². The van der Waals surface area contributed by atoms with Gasteiger partial charge in [0.05, 0.1) is 10.6 Å². The highest BCUT2D eigenvalue weighted by atomic mass is 32.2. The van der Waals surface area contributed by atoms with Gasteiger partial charge < -0.3 is 10.2 Å². The number of hydrogen-bond acceptors (Lipinski definition) is 4. The van der Waals surface area contributed by atoms with E-state index in [-0.39, 0.29) is 23.4 Å². The standard InChI is InChI=1S/C34H43N3O4S/c1-24-16-19-31(20-17-24)42(40,41)37(32-21-25(2)15-18-27(32)4)23-33(38)36(22-29-12-10-9-11-26(29)3)28(5)34(39)35-30-13-7-6-8-14-30/h9-12,15-21,28,30H,6-8,13-14,22-23H2,1-5H3,(H,35,39)/t28-/m0/s1. The van der Waals surface area contributed by atoms with Gasteiger partial charge in [-0.25, -0.2) is 8.42 Å². The van der Waals surface area contributed by atoms with Crippen molar-refractivity contribution in [3.05, 3.63) is 94.5 Å². The molecule has 0 aromatic heterocycles. The molecule has 1 aliphatic carbocycles. The highest BCUT2D eigenvalue weighted by Gasteiger charge is 2.34. The van der Waals surface area contributed by atoms with E-state index in [1.54, 1.807) is 37.3 Å². The minimum Gasteiger partial charge on any atom is -0.352 e. The van der Waals surface area contributed by atoms with Crippen LogP contribution in [0.25, 0.3) is 0 Å². The van der Waals surface area contributed by atoms with Gasteiger partial charge in [0.15, 0.2) is 0 Å². The van der Waals surface area contributed by atoms with E-state index in [1.807, 2.05) is 64.1 Å². The molecular formula is C34H43N3O4S. The zero-order valence-corrected chi connectivity index (χ0v) is 26.2. The topological polar surface area (TPSA) is 86.8 Å². The first-order valence-corrected chi connectivity index (χ1v) is 16.2. The molecular weight excluding hydrogens is 546 g/mol. The molecule has 1 N–H and O–H groups in total. The Morgan fingerprint density at radius 3 is 2.17 bits per heavy atom. The lowest BCUT2D eigenvalue weighted by Gasteiger charge is -2.34. The van der Waals surface area contributed by atoms with E-state index in [1.165, 1.54) is 15.6 Å². The van der Waals surface area contributed by atoms with Crippen LogP contribution in [0.3, 0.4) is 0 Å². The van der Waals surface area contributed by atoms with E-state index in [9.17, 15) is 18.0 Å². The minimum atomic E-state index is -4.10. The van der Waals surface area contributed by atoms with Gasteiger partial charge in [0.2, 0.25) is 11.8 Å². The molecule has 0 heterocycles. The molecule has 3 aromatic rings. The summed E-state index contributed by atoms with van der Waals surface area (Å²) in [6, 6.07) is 19.2. The van der Waals surface area contributed by atoms with Crippen molar-refractivity contribution in [1.29, 1.82) is 0 Å². The third-order valence-corrected chi connectivity index (χ3v) is 10.0. The Bertz CT molecular complexity index is 1510. The molecule has 0 spiro atoms. The number of carbonyl (C=O) groups is 2. The van der Waals surface area contributed by atoms with Crippen molar-refractivity contribution in [2.24, 2.45) is 0 Å². The van der Waals surface area contributed by atoms with Crippen molar-refractivity contribution in [2.45, 2.75) is 90.2 Å². The molecule has 1 saturated carbocycles. The summed E-state index contributed by atoms with van der Waals surface area (Å²) in [5.41, 5.74) is 4.89. The summed E-state index contributed by atoms with van der Waals surface area (Å²) in [5.74, 6) is -0.662. The predicted molar refractivity (Wildman–Crippen MR) is 168 cm³/mol. The van der Waals surface area contributed by atoms with Crippen LogP contribution < -0.4 is 9.62 Å². The second-order valence-corrected chi connectivity index (χ2v) is 13.4. The summed E-state index contributed by atoms with van der Waals surface area (Å²) in [6.45, 7) is 9.07. The van der Waals surface area contributed by atoms with Crippen LogP contribution in [0.5, 0.6) is 0 Å². The van der Waals surface area contributed by atoms with Crippen LogP contribution >= 0.6 is 0 Å². The summed E-state index contributed by atoms with van der Waals surface area (Å²) in [4.78, 5) is 29.4. The third-order valence-electron chi connectivity index (χ3n) is 8.24. The Morgan fingerprint density at radius 2 is 1.50 bits per heavy atom. The number of benzene rings is 3. The monoisotopic (exact) mass is 589 g/mol. The van der Waals surface area contributed by atoms with Crippen LogP contribution in [-0.4, -0.2) is 43.8 Å². The van der Waals surface area contributed by atoms with Crippen LogP contribution in [0, 0.1) is 27.7 Å². The molecule has 0 bridgehead atoms. The maximum absolute atomic E-state index is 14.2. The fourth-order valence-electron chi connectivity index (χ4n) is 5.46. The lowest BCUT2D eigenvalue weighted by atomic mass is 9.95. The molecule has 3 aromatic carbocycles. The lowest BCUT2D eigenvalue weighted by Crippen LogP contribution is -2.53. The largest absolute Gasteiger partial charge is 0.352 e. The third kappa shape index (κ3) is 7.40. The smallest absolute Gasteiger partial charge is 0.264 e. The Morgan fingerprint density at radius 1 is 0.857 bits per heavy atom. The van der Waals surface area contributed by atoms with E-state index < -0.39 is 28.5 Å². The molecule has 1 aliphatic rings. The Balaban J connectivity index is 1.72. The molecule has 0 unspecified atom stereocenters. The zero-order chi connectivity index (χ0) is 30.4. The van der Waals surface area contributed by atoms with E-state index in [4.69, 9.17) is 0 Å². The number of amides is 2. The number of hydrogen-bond donors (Lipinski definition) is 1. The first-order chi connectivity index (χ1) is 20.0. The van der Waals surface area contributed by atoms with Gasteiger partial charge in [-0.2, -0.15) is 0 Å². The molecule has 1 atom stereocenters. The molecule has 224 valence electrons. The number of carbonyl (C=O) groups excluding carboxylic acids is 2. The predicted octanol–water partition coefficient (Wildman–Crippen LogP) is 5.98. The van der Waals surface area contributed by atoms with Crippen LogP contribution in [0.2, 0.25) is 0 Å². The van der Waals surface area contributed by atoms with Gasteiger partial charge in [0, 0.05) is 12.6 Å². The van der Waals surface area contributed by atoms with Gasteiger partial charge >= 0.3 is 0 Å². The summed E-state index contributed by atoms with van der Waals surface area (Å²) in [6.07, 6.45) is 5.18. The highest BCUT2D eigenvalue weighted by Crippen LogP contribution is 2.29.